The van der Waals surface area contributed by atoms with Crippen molar-refractivity contribution in [2.45, 2.75) is 91.0 Å². The van der Waals surface area contributed by atoms with Gasteiger partial charge in [-0.3, -0.25) is 0 Å². The highest BCUT2D eigenvalue weighted by Gasteiger charge is 2.45. The zero-order chi connectivity index (χ0) is 13.0. The van der Waals surface area contributed by atoms with Crippen molar-refractivity contribution in [1.82, 2.24) is 0 Å². The van der Waals surface area contributed by atoms with Gasteiger partial charge in [0.25, 0.3) is 0 Å². The van der Waals surface area contributed by atoms with Crippen LogP contribution in [0.25, 0.3) is 0 Å². The Balaban J connectivity index is 4.92. The monoisotopic (exact) mass is 244 g/mol. The van der Waals surface area contributed by atoms with Crippen LogP contribution in [0.3, 0.4) is 0 Å². The van der Waals surface area contributed by atoms with Crippen LogP contribution in [0.5, 0.6) is 0 Å². The molecular formula is C14H32OSi. The minimum atomic E-state index is -1.63. The lowest BCUT2D eigenvalue weighted by Gasteiger charge is -2.46. The lowest BCUT2D eigenvalue weighted by molar-refractivity contribution is 0.0615. The topological polar surface area (TPSA) is 9.23 Å². The maximum absolute atomic E-state index is 6.61. The summed E-state index contributed by atoms with van der Waals surface area (Å²) in [7, 11) is -1.63. The predicted octanol–water partition coefficient (Wildman–Crippen LogP) is 5.37. The summed E-state index contributed by atoms with van der Waals surface area (Å²) in [5.41, 5.74) is 0.0846. The summed E-state index contributed by atoms with van der Waals surface area (Å²) in [5.74, 6) is 0. The molecule has 0 aromatic heterocycles. The highest BCUT2D eigenvalue weighted by atomic mass is 28.4. The first-order valence-corrected chi connectivity index (χ1v) is 9.81. The van der Waals surface area contributed by atoms with E-state index >= 15 is 0 Å². The van der Waals surface area contributed by atoms with Gasteiger partial charge in [0, 0.05) is 0 Å². The van der Waals surface area contributed by atoms with E-state index < -0.39 is 8.32 Å². The van der Waals surface area contributed by atoms with Gasteiger partial charge in [0.15, 0.2) is 8.32 Å². The molecule has 0 aromatic rings. The Kier molecular flexibility index (Phi) is 5.74. The Morgan fingerprint density at radius 2 is 1.19 bits per heavy atom. The molecule has 0 spiro atoms. The fourth-order valence-corrected chi connectivity index (χ4v) is 5.70. The third kappa shape index (κ3) is 3.33. The number of rotatable bonds is 7. The zero-order valence-electron chi connectivity index (χ0n) is 12.7. The second kappa shape index (κ2) is 5.68. The lowest BCUT2D eigenvalue weighted by Crippen LogP contribution is -2.49. The molecule has 0 saturated heterocycles. The van der Waals surface area contributed by atoms with E-state index in [9.17, 15) is 0 Å². The largest absolute Gasteiger partial charge is 0.412 e. The second-order valence-electron chi connectivity index (χ2n) is 6.04. The highest BCUT2D eigenvalue weighted by molar-refractivity contribution is 6.74. The first-order valence-electron chi connectivity index (χ1n) is 6.90. The highest BCUT2D eigenvalue weighted by Crippen LogP contribution is 2.46. The maximum atomic E-state index is 6.61. The number of hydrogen-bond donors (Lipinski definition) is 0. The molecule has 0 aliphatic heterocycles. The van der Waals surface area contributed by atoms with E-state index in [2.05, 4.69) is 54.6 Å². The molecule has 1 nitrogen and oxygen atoms in total. The SMILES string of the molecule is CCC(C)(CC)O[Si](C)(C)C(C)(CC)CC. The third-order valence-corrected chi connectivity index (χ3v) is 9.63. The van der Waals surface area contributed by atoms with Crippen molar-refractivity contribution in [1.29, 1.82) is 0 Å². The molecule has 0 bridgehead atoms. The Bertz CT molecular complexity index is 203. The minimum absolute atomic E-state index is 0.0846. The van der Waals surface area contributed by atoms with E-state index in [1.165, 1.54) is 12.8 Å². The van der Waals surface area contributed by atoms with E-state index in [-0.39, 0.29) is 5.60 Å². The first kappa shape index (κ1) is 16.2. The molecular weight excluding hydrogens is 212 g/mol. The van der Waals surface area contributed by atoms with E-state index in [1.807, 2.05) is 0 Å². The van der Waals surface area contributed by atoms with Crippen molar-refractivity contribution in [3.05, 3.63) is 0 Å². The van der Waals surface area contributed by atoms with Crippen LogP contribution in [0.4, 0.5) is 0 Å². The summed E-state index contributed by atoms with van der Waals surface area (Å²) in [4.78, 5) is 0. The van der Waals surface area contributed by atoms with Crippen molar-refractivity contribution >= 4 is 8.32 Å². The molecule has 0 unspecified atom stereocenters. The van der Waals surface area contributed by atoms with Crippen LogP contribution in [0.2, 0.25) is 18.1 Å². The van der Waals surface area contributed by atoms with Gasteiger partial charge in [0.05, 0.1) is 5.60 Å². The van der Waals surface area contributed by atoms with Gasteiger partial charge < -0.3 is 4.43 Å². The molecule has 0 radical (unpaired) electrons. The van der Waals surface area contributed by atoms with Crippen LogP contribution in [-0.2, 0) is 4.43 Å². The van der Waals surface area contributed by atoms with Gasteiger partial charge in [0.2, 0.25) is 0 Å². The molecule has 16 heavy (non-hydrogen) atoms. The second-order valence-corrected chi connectivity index (χ2v) is 10.5. The summed E-state index contributed by atoms with van der Waals surface area (Å²) in [6.45, 7) is 18.5. The summed E-state index contributed by atoms with van der Waals surface area (Å²) in [6.07, 6.45) is 4.69. The van der Waals surface area contributed by atoms with Crippen molar-refractivity contribution < 1.29 is 4.43 Å². The Morgan fingerprint density at radius 1 is 0.812 bits per heavy atom. The van der Waals surface area contributed by atoms with Gasteiger partial charge in [0.1, 0.15) is 0 Å². The van der Waals surface area contributed by atoms with Crippen LogP contribution in [-0.4, -0.2) is 13.9 Å². The van der Waals surface area contributed by atoms with E-state index in [4.69, 9.17) is 4.43 Å². The molecule has 98 valence electrons. The average Bonchev–Trinajstić information content (AvgIpc) is 2.26. The molecule has 0 rings (SSSR count). The Labute approximate surface area is 104 Å². The van der Waals surface area contributed by atoms with Crippen molar-refractivity contribution in [2.24, 2.45) is 0 Å². The average molecular weight is 244 g/mol. The summed E-state index contributed by atoms with van der Waals surface area (Å²) < 4.78 is 6.61. The third-order valence-electron chi connectivity index (χ3n) is 5.01. The molecule has 2 heteroatoms. The molecule has 0 heterocycles. The molecule has 0 aliphatic rings. The van der Waals surface area contributed by atoms with Crippen LogP contribution >= 0.6 is 0 Å². The Morgan fingerprint density at radius 3 is 1.44 bits per heavy atom. The molecule has 0 aromatic carbocycles. The maximum Gasteiger partial charge on any atom is 0.193 e. The van der Waals surface area contributed by atoms with Gasteiger partial charge >= 0.3 is 0 Å². The first-order chi connectivity index (χ1) is 7.20. The molecule has 0 fully saturated rings. The van der Waals surface area contributed by atoms with Crippen molar-refractivity contribution in [2.75, 3.05) is 0 Å². The predicted molar refractivity (Wildman–Crippen MR) is 76.5 cm³/mol. The van der Waals surface area contributed by atoms with Crippen molar-refractivity contribution in [3.8, 4) is 0 Å². The van der Waals surface area contributed by atoms with Gasteiger partial charge in [-0.15, -0.1) is 0 Å². The normalized spacial score (nSPS) is 14.2. The van der Waals surface area contributed by atoms with Crippen LogP contribution in [0, 0.1) is 0 Å². The lowest BCUT2D eigenvalue weighted by atomic mass is 10.0. The summed E-state index contributed by atoms with van der Waals surface area (Å²) in [5, 5.41) is 0.401. The molecule has 0 amide bonds. The molecule has 0 aliphatic carbocycles. The van der Waals surface area contributed by atoms with Crippen molar-refractivity contribution in [3.63, 3.8) is 0 Å². The van der Waals surface area contributed by atoms with Crippen LogP contribution in [0.1, 0.15) is 67.2 Å². The van der Waals surface area contributed by atoms with E-state index in [0.717, 1.165) is 12.8 Å². The van der Waals surface area contributed by atoms with E-state index in [1.54, 1.807) is 0 Å². The fraction of sp³-hybridized carbons (Fsp3) is 1.00. The quantitative estimate of drug-likeness (QED) is 0.547. The minimum Gasteiger partial charge on any atom is -0.412 e. The fourth-order valence-electron chi connectivity index (χ4n) is 2.23. The van der Waals surface area contributed by atoms with Gasteiger partial charge in [-0.05, 0) is 37.9 Å². The van der Waals surface area contributed by atoms with Gasteiger partial charge in [-0.1, -0.05) is 47.5 Å². The molecule has 0 saturated carbocycles. The standard InChI is InChI=1S/C14H32OSi/c1-9-13(5,10-2)15-16(7,8)14(6,11-3)12-4/h9-12H2,1-8H3. The van der Waals surface area contributed by atoms with Gasteiger partial charge in [-0.25, -0.2) is 0 Å². The molecule has 0 N–H and O–H groups in total. The molecule has 0 atom stereocenters. The van der Waals surface area contributed by atoms with E-state index in [0.29, 0.717) is 5.04 Å². The summed E-state index contributed by atoms with van der Waals surface area (Å²) >= 11 is 0. The van der Waals surface area contributed by atoms with Crippen LogP contribution in [0.15, 0.2) is 0 Å². The number of hydrogen-bond acceptors (Lipinski definition) is 1. The Hall–Kier alpha value is 0.177. The smallest absolute Gasteiger partial charge is 0.193 e. The van der Waals surface area contributed by atoms with Gasteiger partial charge in [-0.2, -0.15) is 0 Å². The summed E-state index contributed by atoms with van der Waals surface area (Å²) in [6, 6.07) is 0. The zero-order valence-corrected chi connectivity index (χ0v) is 13.7. The van der Waals surface area contributed by atoms with Crippen LogP contribution < -0.4 is 0 Å².